The summed E-state index contributed by atoms with van der Waals surface area (Å²) in [6.07, 6.45) is 1.47. The summed E-state index contributed by atoms with van der Waals surface area (Å²) < 4.78 is 1.59. The van der Waals surface area contributed by atoms with E-state index in [1.807, 2.05) is 30.3 Å². The first-order valence-corrected chi connectivity index (χ1v) is 10.2. The molecule has 1 amide bonds. The first-order valence-electron chi connectivity index (χ1n) is 8.42. The number of para-hydroxylation sites is 1. The predicted octanol–water partition coefficient (Wildman–Crippen LogP) is 4.15. The molecule has 29 heavy (non-hydrogen) atoms. The molecule has 0 aliphatic rings. The van der Waals surface area contributed by atoms with Crippen molar-refractivity contribution in [2.45, 2.75) is 5.16 Å². The van der Waals surface area contributed by atoms with Crippen molar-refractivity contribution in [3.05, 3.63) is 75.1 Å². The van der Waals surface area contributed by atoms with Gasteiger partial charge in [-0.05, 0) is 30.3 Å². The van der Waals surface area contributed by atoms with Crippen molar-refractivity contribution >= 4 is 57.6 Å². The third-order valence-electron chi connectivity index (χ3n) is 3.96. The molecule has 0 radical (unpaired) electrons. The highest BCUT2D eigenvalue weighted by Gasteiger charge is 2.13. The monoisotopic (exact) mass is 445 g/mol. The summed E-state index contributed by atoms with van der Waals surface area (Å²) in [6, 6.07) is 14.2. The van der Waals surface area contributed by atoms with Crippen LogP contribution in [0.2, 0.25) is 10.0 Å². The van der Waals surface area contributed by atoms with E-state index in [9.17, 15) is 9.59 Å². The first kappa shape index (κ1) is 19.5. The van der Waals surface area contributed by atoms with Crippen molar-refractivity contribution in [3.63, 3.8) is 0 Å². The second-order valence-electron chi connectivity index (χ2n) is 5.97. The smallest absolute Gasteiger partial charge is 0.262 e. The van der Waals surface area contributed by atoms with E-state index in [1.165, 1.54) is 6.20 Å². The molecule has 7 nitrogen and oxygen atoms in total. The molecular weight excluding hydrogens is 433 g/mol. The molecule has 0 saturated carbocycles. The largest absolute Gasteiger partial charge is 0.325 e. The molecule has 0 aliphatic carbocycles. The van der Waals surface area contributed by atoms with Crippen LogP contribution in [0.3, 0.4) is 0 Å². The molecule has 0 bridgehead atoms. The molecule has 2 aromatic heterocycles. The molecule has 10 heteroatoms. The van der Waals surface area contributed by atoms with E-state index in [2.05, 4.69) is 20.4 Å². The van der Waals surface area contributed by atoms with Crippen molar-refractivity contribution in [3.8, 4) is 5.69 Å². The predicted molar refractivity (Wildman–Crippen MR) is 115 cm³/mol. The number of carbonyl (C=O) groups excluding carboxylic acids is 1. The highest BCUT2D eigenvalue weighted by molar-refractivity contribution is 7.99. The minimum atomic E-state index is -0.315. The summed E-state index contributed by atoms with van der Waals surface area (Å²) in [5.41, 5.74) is 1.43. The van der Waals surface area contributed by atoms with Gasteiger partial charge in [0.2, 0.25) is 5.91 Å². The van der Waals surface area contributed by atoms with E-state index in [1.54, 1.807) is 22.9 Å². The highest BCUT2D eigenvalue weighted by atomic mass is 35.5. The third kappa shape index (κ3) is 4.29. The van der Waals surface area contributed by atoms with Crippen LogP contribution >= 0.6 is 35.0 Å². The van der Waals surface area contributed by atoms with E-state index in [-0.39, 0.29) is 17.2 Å². The maximum Gasteiger partial charge on any atom is 0.262 e. The zero-order valence-corrected chi connectivity index (χ0v) is 17.1. The second-order valence-corrected chi connectivity index (χ2v) is 7.74. The molecule has 2 N–H and O–H groups in total. The molecule has 0 saturated heterocycles. The number of aromatic amines is 1. The maximum atomic E-state index is 12.4. The van der Waals surface area contributed by atoms with Gasteiger partial charge < -0.3 is 10.3 Å². The Morgan fingerprint density at radius 1 is 1.14 bits per heavy atom. The topological polar surface area (TPSA) is 92.7 Å². The van der Waals surface area contributed by atoms with E-state index in [4.69, 9.17) is 23.2 Å². The number of rotatable bonds is 5. The number of aromatic nitrogens is 4. The Labute approximate surface area is 179 Å². The molecule has 0 unspecified atom stereocenters. The van der Waals surface area contributed by atoms with E-state index >= 15 is 0 Å². The molecular formula is C19H13Cl2N5O2S. The van der Waals surface area contributed by atoms with Crippen LogP contribution in [0.15, 0.2) is 64.7 Å². The minimum absolute atomic E-state index is 0.0498. The Bertz CT molecular complexity index is 1260. The number of hydrogen-bond acceptors (Lipinski definition) is 5. The SMILES string of the molecule is O=C(CSc1nc2c(cnn2-c2ccccc2)c(=O)[nH]1)Nc1ccc(Cl)c(Cl)c1. The number of hydrogen-bond donors (Lipinski definition) is 2. The van der Waals surface area contributed by atoms with Gasteiger partial charge in [0.05, 0.1) is 27.7 Å². The van der Waals surface area contributed by atoms with E-state index in [0.717, 1.165) is 17.4 Å². The first-order chi connectivity index (χ1) is 14.0. The van der Waals surface area contributed by atoms with Crippen molar-refractivity contribution in [1.29, 1.82) is 0 Å². The quantitative estimate of drug-likeness (QED) is 0.355. The van der Waals surface area contributed by atoms with Crippen LogP contribution in [-0.2, 0) is 4.79 Å². The zero-order chi connectivity index (χ0) is 20.4. The van der Waals surface area contributed by atoms with Gasteiger partial charge in [0.15, 0.2) is 10.8 Å². The van der Waals surface area contributed by atoms with Gasteiger partial charge in [-0.25, -0.2) is 9.67 Å². The summed E-state index contributed by atoms with van der Waals surface area (Å²) >= 11 is 12.9. The standard InChI is InChI=1S/C19H13Cl2N5O2S/c20-14-7-6-11(8-15(14)21)23-16(27)10-29-19-24-17-13(18(28)25-19)9-22-26(17)12-4-2-1-3-5-12/h1-9H,10H2,(H,23,27)(H,24,25,28). The molecule has 2 heterocycles. The molecule has 4 rings (SSSR count). The van der Waals surface area contributed by atoms with Gasteiger partial charge in [0.25, 0.3) is 5.56 Å². The van der Waals surface area contributed by atoms with Gasteiger partial charge in [-0.3, -0.25) is 9.59 Å². The lowest BCUT2D eigenvalue weighted by Gasteiger charge is -2.07. The van der Waals surface area contributed by atoms with Gasteiger partial charge in [-0.15, -0.1) is 0 Å². The molecule has 0 atom stereocenters. The average Bonchev–Trinajstić information content (AvgIpc) is 3.14. The Morgan fingerprint density at radius 2 is 1.93 bits per heavy atom. The normalized spacial score (nSPS) is 11.0. The Morgan fingerprint density at radius 3 is 2.69 bits per heavy atom. The van der Waals surface area contributed by atoms with Crippen LogP contribution in [0, 0.1) is 0 Å². The van der Waals surface area contributed by atoms with E-state index < -0.39 is 0 Å². The van der Waals surface area contributed by atoms with Crippen molar-refractivity contribution in [2.24, 2.45) is 0 Å². The van der Waals surface area contributed by atoms with Gasteiger partial charge >= 0.3 is 0 Å². The number of benzene rings is 2. The summed E-state index contributed by atoms with van der Waals surface area (Å²) in [7, 11) is 0. The lowest BCUT2D eigenvalue weighted by molar-refractivity contribution is -0.113. The van der Waals surface area contributed by atoms with Crippen LogP contribution < -0.4 is 10.9 Å². The zero-order valence-electron chi connectivity index (χ0n) is 14.7. The lowest BCUT2D eigenvalue weighted by Crippen LogP contribution is -2.15. The fourth-order valence-electron chi connectivity index (χ4n) is 2.63. The minimum Gasteiger partial charge on any atom is -0.325 e. The van der Waals surface area contributed by atoms with Crippen LogP contribution in [-0.4, -0.2) is 31.4 Å². The number of thioether (sulfide) groups is 1. The maximum absolute atomic E-state index is 12.4. The van der Waals surface area contributed by atoms with Gasteiger partial charge in [0.1, 0.15) is 5.39 Å². The average molecular weight is 446 g/mol. The number of nitrogens with one attached hydrogen (secondary N) is 2. The fourth-order valence-corrected chi connectivity index (χ4v) is 3.58. The summed E-state index contributed by atoms with van der Waals surface area (Å²) in [5, 5.41) is 8.43. The Balaban J connectivity index is 1.53. The molecule has 0 fully saturated rings. The number of H-pyrrole nitrogens is 1. The second kappa shape index (κ2) is 8.28. The number of halogens is 2. The van der Waals surface area contributed by atoms with Gasteiger partial charge in [-0.2, -0.15) is 5.10 Å². The number of amides is 1. The Hall–Kier alpha value is -2.81. The number of anilines is 1. The molecule has 4 aromatic rings. The van der Waals surface area contributed by atoms with Gasteiger partial charge in [-0.1, -0.05) is 53.2 Å². The van der Waals surface area contributed by atoms with Crippen LogP contribution in [0.25, 0.3) is 16.7 Å². The van der Waals surface area contributed by atoms with E-state index in [0.29, 0.717) is 31.9 Å². The van der Waals surface area contributed by atoms with Crippen LogP contribution in [0.4, 0.5) is 5.69 Å². The summed E-state index contributed by atoms with van der Waals surface area (Å²) in [4.78, 5) is 31.7. The number of fused-ring (bicyclic) bond motifs is 1. The summed E-state index contributed by atoms with van der Waals surface area (Å²) in [5.74, 6) is -0.221. The molecule has 0 aliphatic heterocycles. The number of carbonyl (C=O) groups is 1. The molecule has 2 aromatic carbocycles. The van der Waals surface area contributed by atoms with Gasteiger partial charge in [0, 0.05) is 5.69 Å². The fraction of sp³-hybridized carbons (Fsp3) is 0.0526. The highest BCUT2D eigenvalue weighted by Crippen LogP contribution is 2.25. The summed E-state index contributed by atoms with van der Waals surface area (Å²) in [6.45, 7) is 0. The number of nitrogens with zero attached hydrogens (tertiary/aromatic N) is 3. The van der Waals surface area contributed by atoms with Crippen molar-refractivity contribution < 1.29 is 4.79 Å². The van der Waals surface area contributed by atoms with Crippen molar-refractivity contribution in [1.82, 2.24) is 19.7 Å². The third-order valence-corrected chi connectivity index (χ3v) is 5.57. The van der Waals surface area contributed by atoms with Crippen molar-refractivity contribution in [2.75, 3.05) is 11.1 Å². The molecule has 0 spiro atoms. The lowest BCUT2D eigenvalue weighted by atomic mass is 10.3. The molecule has 146 valence electrons. The Kier molecular flexibility index (Phi) is 5.57. The van der Waals surface area contributed by atoms with Crippen LogP contribution in [0.5, 0.6) is 0 Å². The van der Waals surface area contributed by atoms with Crippen LogP contribution in [0.1, 0.15) is 0 Å².